The molecule has 0 spiro atoms. The van der Waals surface area contributed by atoms with Crippen LogP contribution in [0.5, 0.6) is 17.2 Å². The lowest BCUT2D eigenvalue weighted by molar-refractivity contribution is -0.123. The van der Waals surface area contributed by atoms with Crippen LogP contribution in [0, 0.1) is 0 Å². The van der Waals surface area contributed by atoms with Crippen LogP contribution in [0.3, 0.4) is 0 Å². The molecule has 178 valence electrons. The summed E-state index contributed by atoms with van der Waals surface area (Å²) in [5.41, 5.74) is 4.50. The number of fused-ring (bicyclic) bond motifs is 1. The van der Waals surface area contributed by atoms with E-state index in [1.165, 1.54) is 5.56 Å². The zero-order valence-electron chi connectivity index (χ0n) is 19.9. The number of benzene rings is 2. The van der Waals surface area contributed by atoms with Gasteiger partial charge in [0.15, 0.2) is 11.5 Å². The third-order valence-electron chi connectivity index (χ3n) is 6.24. The summed E-state index contributed by atoms with van der Waals surface area (Å²) in [7, 11) is 4.97. The van der Waals surface area contributed by atoms with Crippen molar-refractivity contribution in [3.8, 4) is 17.2 Å². The third kappa shape index (κ3) is 5.48. The minimum atomic E-state index is -0.0107. The molecule has 1 aromatic heterocycles. The monoisotopic (exact) mass is 461 g/mol. The maximum absolute atomic E-state index is 12.9. The van der Waals surface area contributed by atoms with E-state index in [2.05, 4.69) is 39.5 Å². The molecule has 7 heteroatoms. The maximum atomic E-state index is 12.9. The van der Waals surface area contributed by atoms with Crippen molar-refractivity contribution in [1.29, 1.82) is 0 Å². The van der Waals surface area contributed by atoms with Crippen LogP contribution in [0.25, 0.3) is 0 Å². The van der Waals surface area contributed by atoms with E-state index in [-0.39, 0.29) is 11.9 Å². The number of hydrogen-bond acceptors (Lipinski definition) is 6. The lowest BCUT2D eigenvalue weighted by Gasteiger charge is -2.37. The van der Waals surface area contributed by atoms with Gasteiger partial charge in [0, 0.05) is 31.5 Å². The number of rotatable bonds is 9. The molecule has 0 saturated carbocycles. The highest BCUT2D eigenvalue weighted by atomic mass is 16.5. The van der Waals surface area contributed by atoms with Crippen LogP contribution in [0.15, 0.2) is 60.9 Å². The molecule has 1 N–H and O–H groups in total. The predicted octanol–water partition coefficient (Wildman–Crippen LogP) is 3.57. The number of pyridine rings is 1. The van der Waals surface area contributed by atoms with E-state index >= 15 is 0 Å². The second-order valence-corrected chi connectivity index (χ2v) is 8.34. The molecule has 3 aromatic rings. The van der Waals surface area contributed by atoms with Crippen molar-refractivity contribution < 1.29 is 19.0 Å². The van der Waals surface area contributed by atoms with Gasteiger partial charge in [0.2, 0.25) is 5.91 Å². The van der Waals surface area contributed by atoms with E-state index in [0.29, 0.717) is 18.8 Å². The molecule has 0 aliphatic carbocycles. The minimum absolute atomic E-state index is 0.0107. The van der Waals surface area contributed by atoms with Gasteiger partial charge in [0.05, 0.1) is 27.9 Å². The lowest BCUT2D eigenvalue weighted by atomic mass is 9.88. The SMILES string of the molecule is COc1cccc(CC2c3cc(OC)c(OC)cc3CCN2CC(=O)NCc2cccnc2)c1. The number of carbonyl (C=O) groups is 1. The normalized spacial score (nSPS) is 15.3. The fourth-order valence-corrected chi connectivity index (χ4v) is 4.47. The molecule has 4 rings (SSSR count). The Hall–Kier alpha value is -3.58. The lowest BCUT2D eigenvalue weighted by Crippen LogP contribution is -2.43. The number of ether oxygens (including phenoxy) is 3. The Morgan fingerprint density at radius 1 is 1.03 bits per heavy atom. The zero-order chi connectivity index (χ0) is 23.9. The summed E-state index contributed by atoms with van der Waals surface area (Å²) >= 11 is 0. The molecule has 1 amide bonds. The first-order chi connectivity index (χ1) is 16.6. The van der Waals surface area contributed by atoms with Crippen molar-refractivity contribution in [2.75, 3.05) is 34.4 Å². The summed E-state index contributed by atoms with van der Waals surface area (Å²) in [6, 6.07) is 16.0. The van der Waals surface area contributed by atoms with Crippen molar-refractivity contribution in [3.05, 3.63) is 83.2 Å². The molecule has 1 atom stereocenters. The number of methoxy groups -OCH3 is 3. The van der Waals surface area contributed by atoms with Crippen molar-refractivity contribution >= 4 is 5.91 Å². The Bertz CT molecular complexity index is 1120. The molecular formula is C27H31N3O4. The molecule has 34 heavy (non-hydrogen) atoms. The van der Waals surface area contributed by atoms with Gasteiger partial charge in [-0.2, -0.15) is 0 Å². The molecule has 0 radical (unpaired) electrons. The topological polar surface area (TPSA) is 72.9 Å². The van der Waals surface area contributed by atoms with Gasteiger partial charge in [0.25, 0.3) is 0 Å². The summed E-state index contributed by atoms with van der Waals surface area (Å²) in [6.45, 7) is 1.54. The number of nitrogens with zero attached hydrogens (tertiary/aromatic N) is 2. The molecule has 0 bridgehead atoms. The number of amides is 1. The Morgan fingerprint density at radius 3 is 2.56 bits per heavy atom. The van der Waals surface area contributed by atoms with Crippen molar-refractivity contribution in [3.63, 3.8) is 0 Å². The quantitative estimate of drug-likeness (QED) is 0.525. The highest BCUT2D eigenvalue weighted by Gasteiger charge is 2.30. The van der Waals surface area contributed by atoms with E-state index in [4.69, 9.17) is 14.2 Å². The fourth-order valence-electron chi connectivity index (χ4n) is 4.47. The summed E-state index contributed by atoms with van der Waals surface area (Å²) in [4.78, 5) is 19.2. The van der Waals surface area contributed by atoms with Crippen LogP contribution in [0.1, 0.15) is 28.3 Å². The number of nitrogens with one attached hydrogen (secondary N) is 1. The van der Waals surface area contributed by atoms with Crippen molar-refractivity contribution in [2.45, 2.75) is 25.4 Å². The molecule has 2 heterocycles. The molecule has 2 aromatic carbocycles. The summed E-state index contributed by atoms with van der Waals surface area (Å²) in [5.74, 6) is 2.23. The molecule has 1 aliphatic heterocycles. The highest BCUT2D eigenvalue weighted by molar-refractivity contribution is 5.78. The standard InChI is InChI=1S/C27H31N3O4/c1-32-22-8-4-6-19(12-22)13-24-23-15-26(34-3)25(33-2)14-21(23)9-11-30(24)18-27(31)29-17-20-7-5-10-28-16-20/h4-8,10,12,14-16,24H,9,11,13,17-18H2,1-3H3,(H,29,31). The van der Waals surface area contributed by atoms with Gasteiger partial charge >= 0.3 is 0 Å². The Labute approximate surface area is 200 Å². The Kier molecular flexibility index (Phi) is 7.65. The van der Waals surface area contributed by atoms with Gasteiger partial charge in [-0.15, -0.1) is 0 Å². The van der Waals surface area contributed by atoms with Gasteiger partial charge in [-0.3, -0.25) is 14.7 Å². The molecule has 0 fully saturated rings. The van der Waals surface area contributed by atoms with E-state index in [9.17, 15) is 4.79 Å². The van der Waals surface area contributed by atoms with Gasteiger partial charge < -0.3 is 19.5 Å². The minimum Gasteiger partial charge on any atom is -0.497 e. The van der Waals surface area contributed by atoms with Crippen LogP contribution >= 0.6 is 0 Å². The summed E-state index contributed by atoms with van der Waals surface area (Å²) < 4.78 is 16.5. The fraction of sp³-hybridized carbons (Fsp3) is 0.333. The van der Waals surface area contributed by atoms with Gasteiger partial charge in [0.1, 0.15) is 5.75 Å². The van der Waals surface area contributed by atoms with E-state index in [1.54, 1.807) is 33.7 Å². The molecule has 0 saturated heterocycles. The molecule has 1 aliphatic rings. The zero-order valence-corrected chi connectivity index (χ0v) is 19.9. The largest absolute Gasteiger partial charge is 0.497 e. The third-order valence-corrected chi connectivity index (χ3v) is 6.24. The van der Waals surface area contributed by atoms with Crippen LogP contribution in [0.4, 0.5) is 0 Å². The highest BCUT2D eigenvalue weighted by Crippen LogP contribution is 2.39. The Morgan fingerprint density at radius 2 is 1.82 bits per heavy atom. The first-order valence-electron chi connectivity index (χ1n) is 11.4. The second kappa shape index (κ2) is 11.0. The van der Waals surface area contributed by atoms with Crippen LogP contribution < -0.4 is 19.5 Å². The number of hydrogen-bond donors (Lipinski definition) is 1. The van der Waals surface area contributed by atoms with Gasteiger partial charge in [-0.1, -0.05) is 18.2 Å². The Balaban J connectivity index is 1.59. The van der Waals surface area contributed by atoms with E-state index in [1.807, 2.05) is 24.3 Å². The number of aromatic nitrogens is 1. The van der Waals surface area contributed by atoms with Crippen LogP contribution in [-0.4, -0.2) is 50.2 Å². The smallest absolute Gasteiger partial charge is 0.234 e. The van der Waals surface area contributed by atoms with Crippen LogP contribution in [0.2, 0.25) is 0 Å². The van der Waals surface area contributed by atoms with E-state index < -0.39 is 0 Å². The molecular weight excluding hydrogens is 430 g/mol. The van der Waals surface area contributed by atoms with Crippen molar-refractivity contribution in [2.24, 2.45) is 0 Å². The van der Waals surface area contributed by atoms with Gasteiger partial charge in [-0.05, 0) is 65.4 Å². The van der Waals surface area contributed by atoms with Crippen LogP contribution in [-0.2, 0) is 24.2 Å². The predicted molar refractivity (Wildman–Crippen MR) is 130 cm³/mol. The average Bonchev–Trinajstić information content (AvgIpc) is 2.88. The number of carbonyl (C=O) groups excluding carboxylic acids is 1. The summed E-state index contributed by atoms with van der Waals surface area (Å²) in [5, 5.41) is 3.03. The second-order valence-electron chi connectivity index (χ2n) is 8.34. The first kappa shape index (κ1) is 23.6. The first-order valence-corrected chi connectivity index (χ1v) is 11.4. The summed E-state index contributed by atoms with van der Waals surface area (Å²) in [6.07, 6.45) is 5.07. The molecule has 7 nitrogen and oxygen atoms in total. The maximum Gasteiger partial charge on any atom is 0.234 e. The molecule has 1 unspecified atom stereocenters. The van der Waals surface area contributed by atoms with E-state index in [0.717, 1.165) is 47.6 Å². The van der Waals surface area contributed by atoms with Crippen molar-refractivity contribution in [1.82, 2.24) is 15.2 Å². The van der Waals surface area contributed by atoms with Gasteiger partial charge in [-0.25, -0.2) is 0 Å². The average molecular weight is 462 g/mol.